The number of hydrogen-bond acceptors (Lipinski definition) is 2. The maximum Gasteiger partial charge on any atom is 0.0385 e. The van der Waals surface area contributed by atoms with E-state index >= 15 is 0 Å². The molecule has 2 fully saturated rings. The fourth-order valence-electron chi connectivity index (χ4n) is 3.46. The van der Waals surface area contributed by atoms with E-state index < -0.39 is 0 Å². The van der Waals surface area contributed by atoms with E-state index in [1.165, 1.54) is 49.9 Å². The van der Waals surface area contributed by atoms with Crippen molar-refractivity contribution in [1.82, 2.24) is 10.2 Å². The number of aryl methyl sites for hydroxylation is 1. The van der Waals surface area contributed by atoms with Crippen molar-refractivity contribution in [3.8, 4) is 0 Å². The van der Waals surface area contributed by atoms with E-state index in [0.29, 0.717) is 6.04 Å². The minimum absolute atomic E-state index is 0.597. The lowest BCUT2D eigenvalue weighted by molar-refractivity contribution is 0.119. The lowest BCUT2D eigenvalue weighted by Crippen LogP contribution is -2.41. The van der Waals surface area contributed by atoms with Crippen LogP contribution in [0.5, 0.6) is 0 Å². The molecule has 0 aromatic heterocycles. The molecule has 0 amide bonds. The first-order valence-electron chi connectivity index (χ1n) is 7.74. The molecule has 0 spiro atoms. The van der Waals surface area contributed by atoms with Crippen molar-refractivity contribution in [3.05, 3.63) is 35.4 Å². The number of nitrogens with zero attached hydrogens (tertiary/aromatic N) is 1. The summed E-state index contributed by atoms with van der Waals surface area (Å²) in [7, 11) is 2.29. The largest absolute Gasteiger partial charge is 0.314 e. The molecule has 1 N–H and O–H groups in total. The second-order valence-electron chi connectivity index (χ2n) is 6.42. The highest BCUT2D eigenvalue weighted by Crippen LogP contribution is 2.35. The van der Waals surface area contributed by atoms with Gasteiger partial charge >= 0.3 is 0 Å². The molecular formula is C17H26N2. The monoisotopic (exact) mass is 258 g/mol. The van der Waals surface area contributed by atoms with E-state index in [-0.39, 0.29) is 0 Å². The Hall–Kier alpha value is -0.860. The quantitative estimate of drug-likeness (QED) is 0.892. The molecule has 1 aliphatic carbocycles. The van der Waals surface area contributed by atoms with Crippen LogP contribution in [0.1, 0.15) is 42.9 Å². The van der Waals surface area contributed by atoms with Gasteiger partial charge in [-0.25, -0.2) is 0 Å². The van der Waals surface area contributed by atoms with E-state index in [0.717, 1.165) is 12.0 Å². The zero-order valence-electron chi connectivity index (χ0n) is 12.2. The summed E-state index contributed by atoms with van der Waals surface area (Å²) in [6, 6.07) is 10.5. The molecule has 2 nitrogen and oxygen atoms in total. The van der Waals surface area contributed by atoms with Crippen LogP contribution >= 0.6 is 0 Å². The third-order valence-corrected chi connectivity index (χ3v) is 4.64. The van der Waals surface area contributed by atoms with Crippen molar-refractivity contribution in [2.45, 2.75) is 44.7 Å². The molecule has 2 aliphatic rings. The SMILES string of the molecule is Cc1cccc(C2C(CNC3CC3)CCCN2C)c1. The Bertz CT molecular complexity index is 425. The van der Waals surface area contributed by atoms with E-state index in [1.807, 2.05) is 0 Å². The average Bonchev–Trinajstić information content (AvgIpc) is 3.20. The van der Waals surface area contributed by atoms with Crippen molar-refractivity contribution in [1.29, 1.82) is 0 Å². The summed E-state index contributed by atoms with van der Waals surface area (Å²) in [6.07, 6.45) is 5.48. The number of piperidine rings is 1. The molecule has 2 atom stereocenters. The Labute approximate surface area is 117 Å². The molecule has 1 heterocycles. The Balaban J connectivity index is 1.75. The topological polar surface area (TPSA) is 15.3 Å². The molecule has 104 valence electrons. The molecule has 0 radical (unpaired) electrons. The van der Waals surface area contributed by atoms with Gasteiger partial charge in [-0.2, -0.15) is 0 Å². The van der Waals surface area contributed by atoms with Crippen molar-refractivity contribution < 1.29 is 0 Å². The zero-order valence-corrected chi connectivity index (χ0v) is 12.2. The number of hydrogen-bond donors (Lipinski definition) is 1. The fourth-order valence-corrected chi connectivity index (χ4v) is 3.46. The van der Waals surface area contributed by atoms with Crippen LogP contribution < -0.4 is 5.32 Å². The second kappa shape index (κ2) is 5.64. The fraction of sp³-hybridized carbons (Fsp3) is 0.647. The van der Waals surface area contributed by atoms with Crippen LogP contribution in [-0.4, -0.2) is 31.1 Å². The molecule has 2 heteroatoms. The predicted octanol–water partition coefficient (Wildman–Crippen LogP) is 3.13. The Morgan fingerprint density at radius 2 is 2.11 bits per heavy atom. The van der Waals surface area contributed by atoms with Crippen molar-refractivity contribution in [2.75, 3.05) is 20.1 Å². The molecular weight excluding hydrogens is 232 g/mol. The number of benzene rings is 1. The summed E-state index contributed by atoms with van der Waals surface area (Å²) in [5, 5.41) is 3.73. The van der Waals surface area contributed by atoms with Gasteiger partial charge in [0.15, 0.2) is 0 Å². The lowest BCUT2D eigenvalue weighted by atomic mass is 9.84. The van der Waals surface area contributed by atoms with Gasteiger partial charge in [0, 0.05) is 18.6 Å². The van der Waals surface area contributed by atoms with E-state index in [9.17, 15) is 0 Å². The van der Waals surface area contributed by atoms with Crippen LogP contribution in [0.4, 0.5) is 0 Å². The molecule has 2 unspecified atom stereocenters. The van der Waals surface area contributed by atoms with Gasteiger partial charge in [-0.3, -0.25) is 4.90 Å². The maximum atomic E-state index is 3.73. The van der Waals surface area contributed by atoms with Crippen molar-refractivity contribution >= 4 is 0 Å². The molecule has 1 aromatic carbocycles. The average molecular weight is 258 g/mol. The summed E-state index contributed by atoms with van der Waals surface area (Å²) in [6.45, 7) is 4.62. The summed E-state index contributed by atoms with van der Waals surface area (Å²) in [5.41, 5.74) is 2.88. The standard InChI is InChI=1S/C17H26N2/c1-13-5-3-6-14(11-13)17-15(7-4-10-19(17)2)12-18-16-8-9-16/h3,5-6,11,15-18H,4,7-10,12H2,1-2H3. The van der Waals surface area contributed by atoms with Gasteiger partial charge in [-0.15, -0.1) is 0 Å². The third kappa shape index (κ3) is 3.18. The first-order chi connectivity index (χ1) is 9.24. The van der Waals surface area contributed by atoms with Crippen molar-refractivity contribution in [2.24, 2.45) is 5.92 Å². The van der Waals surface area contributed by atoms with Gasteiger partial charge in [0.1, 0.15) is 0 Å². The van der Waals surface area contributed by atoms with Gasteiger partial charge in [-0.1, -0.05) is 29.8 Å². The zero-order chi connectivity index (χ0) is 13.2. The van der Waals surface area contributed by atoms with Crippen molar-refractivity contribution in [3.63, 3.8) is 0 Å². The molecule has 3 rings (SSSR count). The Morgan fingerprint density at radius 3 is 2.84 bits per heavy atom. The lowest BCUT2D eigenvalue weighted by Gasteiger charge is -2.40. The maximum absolute atomic E-state index is 3.73. The first kappa shape index (κ1) is 13.1. The van der Waals surface area contributed by atoms with Crippen LogP contribution in [0.15, 0.2) is 24.3 Å². The van der Waals surface area contributed by atoms with E-state index in [1.54, 1.807) is 0 Å². The third-order valence-electron chi connectivity index (χ3n) is 4.64. The summed E-state index contributed by atoms with van der Waals surface area (Å²) >= 11 is 0. The number of nitrogens with one attached hydrogen (secondary N) is 1. The van der Waals surface area contributed by atoms with Crippen LogP contribution in [0.25, 0.3) is 0 Å². The summed E-state index contributed by atoms with van der Waals surface area (Å²) in [5.74, 6) is 0.765. The van der Waals surface area contributed by atoms with E-state index in [2.05, 4.69) is 48.5 Å². The van der Waals surface area contributed by atoms with Crippen LogP contribution in [-0.2, 0) is 0 Å². The van der Waals surface area contributed by atoms with Gasteiger partial charge in [0.2, 0.25) is 0 Å². The van der Waals surface area contributed by atoms with Gasteiger partial charge in [0.05, 0.1) is 0 Å². The molecule has 19 heavy (non-hydrogen) atoms. The van der Waals surface area contributed by atoms with Gasteiger partial charge in [-0.05, 0) is 57.7 Å². The van der Waals surface area contributed by atoms with Crippen LogP contribution in [0.2, 0.25) is 0 Å². The predicted molar refractivity (Wildman–Crippen MR) is 80.3 cm³/mol. The minimum atomic E-state index is 0.597. The summed E-state index contributed by atoms with van der Waals surface area (Å²) in [4.78, 5) is 2.55. The number of rotatable bonds is 4. The highest BCUT2D eigenvalue weighted by atomic mass is 15.1. The Morgan fingerprint density at radius 1 is 1.26 bits per heavy atom. The molecule has 1 saturated heterocycles. The molecule has 0 bridgehead atoms. The molecule has 1 aliphatic heterocycles. The van der Waals surface area contributed by atoms with Crippen LogP contribution in [0.3, 0.4) is 0 Å². The highest BCUT2D eigenvalue weighted by molar-refractivity contribution is 5.26. The Kier molecular flexibility index (Phi) is 3.90. The summed E-state index contributed by atoms with van der Waals surface area (Å²) < 4.78 is 0. The molecule has 1 saturated carbocycles. The van der Waals surface area contributed by atoms with Gasteiger partial charge in [0.25, 0.3) is 0 Å². The number of likely N-dealkylation sites (tertiary alicyclic amines) is 1. The minimum Gasteiger partial charge on any atom is -0.314 e. The molecule has 1 aromatic rings. The first-order valence-corrected chi connectivity index (χ1v) is 7.74. The second-order valence-corrected chi connectivity index (χ2v) is 6.42. The highest BCUT2D eigenvalue weighted by Gasteiger charge is 2.31. The van der Waals surface area contributed by atoms with Crippen LogP contribution in [0, 0.1) is 12.8 Å². The normalized spacial score (nSPS) is 28.5. The smallest absolute Gasteiger partial charge is 0.0385 e. The van der Waals surface area contributed by atoms with Gasteiger partial charge < -0.3 is 5.32 Å². The van der Waals surface area contributed by atoms with E-state index in [4.69, 9.17) is 0 Å².